The molecule has 0 atom stereocenters. The van der Waals surface area contributed by atoms with Crippen molar-refractivity contribution in [3.63, 3.8) is 0 Å². The number of rotatable bonds is 3. The first-order chi connectivity index (χ1) is 10.6. The van der Waals surface area contributed by atoms with E-state index >= 15 is 0 Å². The second-order valence-electron chi connectivity index (χ2n) is 7.71. The average molecular weight is 337 g/mol. The van der Waals surface area contributed by atoms with Crippen molar-refractivity contribution in [2.24, 2.45) is 0 Å². The summed E-state index contributed by atoms with van der Waals surface area (Å²) in [7, 11) is -2.97. The van der Waals surface area contributed by atoms with Crippen LogP contribution in [-0.2, 0) is 0 Å². The Labute approximate surface area is 144 Å². The molecule has 2 heteroatoms. The van der Waals surface area contributed by atoms with Gasteiger partial charge in [-0.05, 0) is 23.7 Å². The Morgan fingerprint density at radius 3 is 2.09 bits per heavy atom. The molecule has 0 radical (unpaired) electrons. The van der Waals surface area contributed by atoms with Crippen LogP contribution in [0, 0.1) is 23.3 Å². The van der Waals surface area contributed by atoms with Crippen molar-refractivity contribution in [1.29, 1.82) is 0 Å². The van der Waals surface area contributed by atoms with E-state index in [4.69, 9.17) is 0 Å². The summed E-state index contributed by atoms with van der Waals surface area (Å²) >= 11 is 0. The van der Waals surface area contributed by atoms with Gasteiger partial charge in [0.25, 0.3) is 0 Å². The maximum atomic E-state index is 3.90. The van der Waals surface area contributed by atoms with Crippen LogP contribution < -0.4 is 0 Å². The van der Waals surface area contributed by atoms with Crippen LogP contribution in [0.4, 0.5) is 0 Å². The van der Waals surface area contributed by atoms with Crippen LogP contribution >= 0.6 is 0 Å². The largest absolute Gasteiger partial charge is 0.129 e. The summed E-state index contributed by atoms with van der Waals surface area (Å²) < 4.78 is 0. The molecule has 0 aliphatic carbocycles. The summed E-state index contributed by atoms with van der Waals surface area (Å²) in [5.74, 6) is 10.2. The van der Waals surface area contributed by atoms with Gasteiger partial charge in [-0.2, -0.15) is 0 Å². The minimum Gasteiger partial charge on any atom is -0.127 e. The van der Waals surface area contributed by atoms with Gasteiger partial charge >= 0.3 is 0 Å². The van der Waals surface area contributed by atoms with E-state index in [2.05, 4.69) is 81.3 Å². The van der Waals surface area contributed by atoms with E-state index in [1.165, 1.54) is 10.8 Å². The fourth-order valence-corrected chi connectivity index (χ4v) is 4.03. The second kappa shape index (κ2) is 8.20. The first kappa shape index (κ1) is 19.3. The monoisotopic (exact) mass is 336 g/mol. The van der Waals surface area contributed by atoms with Crippen LogP contribution in [0.25, 0.3) is 0 Å². The molecule has 0 saturated carbocycles. The first-order valence-electron chi connectivity index (χ1n) is 8.08. The van der Waals surface area contributed by atoms with E-state index in [-0.39, 0.29) is 0 Å². The summed E-state index contributed by atoms with van der Waals surface area (Å²) in [6.45, 7) is 17.7. The van der Waals surface area contributed by atoms with Crippen LogP contribution in [0.5, 0.6) is 0 Å². The number of hydrogen-bond donors (Lipinski definition) is 0. The molecule has 0 fully saturated rings. The highest BCUT2D eigenvalue weighted by molar-refractivity contribution is 6.85. The molecule has 0 saturated heterocycles. The SMILES string of the molecule is C=CC/C(C#C[Si](C)(C)C)=C(\C#Cc1ccccc1)[Si](C)(C)C. The predicted octanol–water partition coefficient (Wildman–Crippen LogP) is 5.67. The lowest BCUT2D eigenvalue weighted by Crippen LogP contribution is -2.25. The maximum absolute atomic E-state index is 3.90. The smallest absolute Gasteiger partial charge is 0.127 e. The van der Waals surface area contributed by atoms with Gasteiger partial charge < -0.3 is 0 Å². The molecule has 0 spiro atoms. The van der Waals surface area contributed by atoms with Crippen LogP contribution in [-0.4, -0.2) is 16.1 Å². The summed E-state index contributed by atoms with van der Waals surface area (Å²) in [5, 5.41) is 1.26. The van der Waals surface area contributed by atoms with Gasteiger partial charge in [0.05, 0.1) is 8.07 Å². The molecule has 0 unspecified atom stereocenters. The lowest BCUT2D eigenvalue weighted by Gasteiger charge is -2.18. The van der Waals surface area contributed by atoms with Crippen molar-refractivity contribution in [1.82, 2.24) is 0 Å². The lowest BCUT2D eigenvalue weighted by atomic mass is 10.1. The Balaban J connectivity index is 3.43. The molecule has 0 heterocycles. The maximum Gasteiger partial charge on any atom is 0.129 e. The Bertz CT molecular complexity index is 688. The first-order valence-corrected chi connectivity index (χ1v) is 15.1. The van der Waals surface area contributed by atoms with Crippen molar-refractivity contribution in [3.05, 3.63) is 59.3 Å². The number of allylic oxidation sites excluding steroid dienone is 3. The minimum absolute atomic E-state index is 0.806. The molecule has 0 bridgehead atoms. The van der Waals surface area contributed by atoms with E-state index in [9.17, 15) is 0 Å². The van der Waals surface area contributed by atoms with E-state index in [1.807, 2.05) is 24.3 Å². The third-order valence-electron chi connectivity index (χ3n) is 3.09. The number of benzene rings is 1. The van der Waals surface area contributed by atoms with Gasteiger partial charge in [0.15, 0.2) is 0 Å². The Hall–Kier alpha value is -1.75. The molecule has 0 aliphatic rings. The predicted molar refractivity (Wildman–Crippen MR) is 110 cm³/mol. The third kappa shape index (κ3) is 7.37. The van der Waals surface area contributed by atoms with Gasteiger partial charge in [-0.3, -0.25) is 0 Å². The number of hydrogen-bond acceptors (Lipinski definition) is 0. The fourth-order valence-electron chi connectivity index (χ4n) is 1.99. The Morgan fingerprint density at radius 1 is 1.00 bits per heavy atom. The van der Waals surface area contributed by atoms with E-state index in [1.54, 1.807) is 0 Å². The van der Waals surface area contributed by atoms with Crippen LogP contribution in [0.1, 0.15) is 12.0 Å². The van der Waals surface area contributed by atoms with Crippen LogP contribution in [0.3, 0.4) is 0 Å². The molecule has 0 nitrogen and oxygen atoms in total. The lowest BCUT2D eigenvalue weighted by molar-refractivity contribution is 1.30. The van der Waals surface area contributed by atoms with E-state index < -0.39 is 16.1 Å². The Kier molecular flexibility index (Phi) is 6.88. The molecule has 0 amide bonds. The average Bonchev–Trinajstić information content (AvgIpc) is 2.43. The highest BCUT2D eigenvalue weighted by atomic mass is 28.3. The zero-order valence-electron chi connectivity index (χ0n) is 15.4. The fraction of sp³-hybridized carbons (Fsp3) is 0.333. The van der Waals surface area contributed by atoms with Crippen LogP contribution in [0.2, 0.25) is 39.3 Å². The van der Waals surface area contributed by atoms with Gasteiger partial charge in [-0.25, -0.2) is 0 Å². The molecule has 1 rings (SSSR count). The van der Waals surface area contributed by atoms with E-state index in [0.717, 1.165) is 12.0 Å². The summed E-state index contributed by atoms with van der Waals surface area (Å²) in [6.07, 6.45) is 2.75. The molecular formula is C21H28Si2. The van der Waals surface area contributed by atoms with Crippen molar-refractivity contribution in [3.8, 4) is 23.3 Å². The molecular weight excluding hydrogens is 308 g/mol. The summed E-state index contributed by atoms with van der Waals surface area (Å²) in [5.41, 5.74) is 5.72. The highest BCUT2D eigenvalue weighted by Gasteiger charge is 2.21. The zero-order valence-corrected chi connectivity index (χ0v) is 17.4. The van der Waals surface area contributed by atoms with Crippen molar-refractivity contribution < 1.29 is 0 Å². The molecule has 23 heavy (non-hydrogen) atoms. The topological polar surface area (TPSA) is 0 Å². The molecule has 0 N–H and O–H groups in total. The molecule has 1 aromatic carbocycles. The molecule has 120 valence electrons. The van der Waals surface area contributed by atoms with Crippen LogP contribution in [0.15, 0.2) is 53.8 Å². The standard InChI is InChI=1S/C21H28Si2/c1-8-12-20(17-18-22(2,3)4)21(23(5,6)7)16-15-19-13-10-9-11-14-19/h8-11,13-14H,1,12H2,2-7H3/b21-20-. The van der Waals surface area contributed by atoms with Gasteiger partial charge in [-0.15, -0.1) is 12.1 Å². The molecule has 0 aromatic heterocycles. The van der Waals surface area contributed by atoms with Crippen molar-refractivity contribution in [2.75, 3.05) is 0 Å². The van der Waals surface area contributed by atoms with Gasteiger partial charge in [-0.1, -0.05) is 81.3 Å². The normalized spacial score (nSPS) is 12.3. The Morgan fingerprint density at radius 2 is 1.61 bits per heavy atom. The van der Waals surface area contributed by atoms with E-state index in [0.29, 0.717) is 0 Å². The molecule has 0 aliphatic heterocycles. The second-order valence-corrected chi connectivity index (χ2v) is 17.5. The summed E-state index contributed by atoms with van der Waals surface area (Å²) in [6, 6.07) is 10.2. The quantitative estimate of drug-likeness (QED) is 0.379. The van der Waals surface area contributed by atoms with Crippen molar-refractivity contribution >= 4 is 16.1 Å². The minimum atomic E-state index is -1.57. The highest BCUT2D eigenvalue weighted by Crippen LogP contribution is 2.21. The zero-order chi connectivity index (χ0) is 17.5. The third-order valence-corrected chi connectivity index (χ3v) is 5.90. The molecule has 1 aromatic rings. The summed E-state index contributed by atoms with van der Waals surface area (Å²) in [4.78, 5) is 0. The van der Waals surface area contributed by atoms with Gasteiger partial charge in [0, 0.05) is 11.1 Å². The van der Waals surface area contributed by atoms with Gasteiger partial charge in [0.2, 0.25) is 0 Å². The van der Waals surface area contributed by atoms with Crippen molar-refractivity contribution in [2.45, 2.75) is 45.7 Å². The van der Waals surface area contributed by atoms with Gasteiger partial charge in [0.1, 0.15) is 8.07 Å².